The Labute approximate surface area is 121 Å². The predicted octanol–water partition coefficient (Wildman–Crippen LogP) is 1.39. The Balaban J connectivity index is 2.48. The van der Waals surface area contributed by atoms with Gasteiger partial charge < -0.3 is 5.11 Å². The van der Waals surface area contributed by atoms with Gasteiger partial charge in [0.25, 0.3) is 5.69 Å². The Morgan fingerprint density at radius 1 is 1.50 bits per heavy atom. The number of sulfonamides is 1. The summed E-state index contributed by atoms with van der Waals surface area (Å²) in [6.07, 6.45) is 1.19. The van der Waals surface area contributed by atoms with Gasteiger partial charge in [0.2, 0.25) is 10.0 Å². The highest BCUT2D eigenvalue weighted by Gasteiger charge is 2.36. The molecule has 9 heteroatoms. The lowest BCUT2D eigenvalue weighted by molar-refractivity contribution is -0.385. The van der Waals surface area contributed by atoms with Crippen LogP contribution in [0.4, 0.5) is 5.69 Å². The Bertz CT molecular complexity index is 634. The van der Waals surface area contributed by atoms with Crippen LogP contribution in [0.15, 0.2) is 23.1 Å². The topological polar surface area (TPSA) is 101 Å². The fourth-order valence-corrected chi connectivity index (χ4v) is 4.42. The summed E-state index contributed by atoms with van der Waals surface area (Å²) in [6.45, 7) is -0.0155. The molecule has 0 amide bonds. The van der Waals surface area contributed by atoms with E-state index in [1.807, 2.05) is 0 Å². The molecule has 0 aromatic heterocycles. The number of hydrogen-bond donors (Lipinski definition) is 1. The van der Waals surface area contributed by atoms with Crippen molar-refractivity contribution in [2.75, 3.05) is 13.2 Å². The second-order valence-electron chi connectivity index (χ2n) is 4.47. The predicted molar refractivity (Wildman–Crippen MR) is 72.1 cm³/mol. The highest BCUT2D eigenvalue weighted by Crippen LogP contribution is 2.32. The summed E-state index contributed by atoms with van der Waals surface area (Å²) < 4.78 is 26.2. The molecule has 2 rings (SSSR count). The van der Waals surface area contributed by atoms with Gasteiger partial charge in [0.1, 0.15) is 4.90 Å². The van der Waals surface area contributed by atoms with Gasteiger partial charge in [0, 0.05) is 24.7 Å². The first-order chi connectivity index (χ1) is 9.37. The van der Waals surface area contributed by atoms with E-state index in [0.717, 1.165) is 16.4 Å². The molecule has 1 aliphatic rings. The number of benzene rings is 1. The maximum absolute atomic E-state index is 12.5. The summed E-state index contributed by atoms with van der Waals surface area (Å²) in [5, 5.41) is 19.9. The standard InChI is InChI=1S/C11H13ClN2O5S/c12-10-4-3-8(14(16)17)6-11(10)20(18,19)13-5-1-2-9(13)7-15/h3-4,6,9,15H,1-2,5,7H2/t9-/m1/s1. The van der Waals surface area contributed by atoms with Crippen molar-refractivity contribution in [3.8, 4) is 0 Å². The van der Waals surface area contributed by atoms with Crippen LogP contribution in [0, 0.1) is 10.1 Å². The lowest BCUT2D eigenvalue weighted by Crippen LogP contribution is -2.37. The van der Waals surface area contributed by atoms with Gasteiger partial charge in [-0.15, -0.1) is 0 Å². The minimum Gasteiger partial charge on any atom is -0.395 e. The molecule has 110 valence electrons. The molecule has 0 bridgehead atoms. The second kappa shape index (κ2) is 5.65. The lowest BCUT2D eigenvalue weighted by atomic mass is 10.2. The van der Waals surface area contributed by atoms with E-state index in [0.29, 0.717) is 12.8 Å². The molecule has 1 atom stereocenters. The van der Waals surface area contributed by atoms with E-state index >= 15 is 0 Å². The Morgan fingerprint density at radius 2 is 2.20 bits per heavy atom. The summed E-state index contributed by atoms with van der Waals surface area (Å²) in [5.41, 5.74) is -0.340. The summed E-state index contributed by atoms with van der Waals surface area (Å²) >= 11 is 5.86. The fraction of sp³-hybridized carbons (Fsp3) is 0.455. The Morgan fingerprint density at radius 3 is 2.80 bits per heavy atom. The van der Waals surface area contributed by atoms with Crippen molar-refractivity contribution in [2.45, 2.75) is 23.8 Å². The van der Waals surface area contributed by atoms with Crippen LogP contribution in [-0.2, 0) is 10.0 Å². The zero-order chi connectivity index (χ0) is 14.9. The Kier molecular flexibility index (Phi) is 4.28. The molecule has 0 saturated carbocycles. The highest BCUT2D eigenvalue weighted by atomic mass is 35.5. The lowest BCUT2D eigenvalue weighted by Gasteiger charge is -2.22. The molecule has 1 aromatic carbocycles. The molecule has 0 spiro atoms. The zero-order valence-corrected chi connectivity index (χ0v) is 12.0. The minimum atomic E-state index is -3.95. The molecule has 7 nitrogen and oxygen atoms in total. The molecule has 1 saturated heterocycles. The maximum Gasteiger partial charge on any atom is 0.270 e. The molecule has 0 unspecified atom stereocenters. The van der Waals surface area contributed by atoms with E-state index < -0.39 is 21.0 Å². The van der Waals surface area contributed by atoms with Gasteiger partial charge in [-0.3, -0.25) is 10.1 Å². The summed E-state index contributed by atoms with van der Waals surface area (Å²) in [6, 6.07) is 2.78. The van der Waals surface area contributed by atoms with Gasteiger partial charge in [0.15, 0.2) is 0 Å². The fourth-order valence-electron chi connectivity index (χ4n) is 2.24. The van der Waals surface area contributed by atoms with E-state index in [-0.39, 0.29) is 28.8 Å². The summed E-state index contributed by atoms with van der Waals surface area (Å²) in [4.78, 5) is 9.77. The molecule has 20 heavy (non-hydrogen) atoms. The number of aliphatic hydroxyl groups is 1. The molecule has 1 fully saturated rings. The molecule has 1 aromatic rings. The van der Waals surface area contributed by atoms with Gasteiger partial charge in [-0.05, 0) is 18.9 Å². The smallest absolute Gasteiger partial charge is 0.270 e. The molecule has 0 radical (unpaired) electrons. The monoisotopic (exact) mass is 320 g/mol. The normalized spacial score (nSPS) is 20.2. The third-order valence-corrected chi connectivity index (χ3v) is 5.68. The number of nitro benzene ring substituents is 1. The first-order valence-electron chi connectivity index (χ1n) is 5.94. The van der Waals surface area contributed by atoms with Crippen LogP contribution in [0.2, 0.25) is 5.02 Å². The number of aliphatic hydroxyl groups excluding tert-OH is 1. The van der Waals surface area contributed by atoms with Crippen molar-refractivity contribution < 1.29 is 18.4 Å². The average Bonchev–Trinajstić information content (AvgIpc) is 2.87. The van der Waals surface area contributed by atoms with Crippen LogP contribution in [0.5, 0.6) is 0 Å². The van der Waals surface area contributed by atoms with E-state index in [2.05, 4.69) is 0 Å². The minimum absolute atomic E-state index is 0.0702. The van der Waals surface area contributed by atoms with E-state index in [4.69, 9.17) is 11.6 Å². The second-order valence-corrected chi connectivity index (χ2v) is 6.73. The number of nitrogens with zero attached hydrogens (tertiary/aromatic N) is 2. The van der Waals surface area contributed by atoms with Gasteiger partial charge in [-0.1, -0.05) is 11.6 Å². The van der Waals surface area contributed by atoms with Crippen LogP contribution in [0.25, 0.3) is 0 Å². The van der Waals surface area contributed by atoms with Crippen LogP contribution >= 0.6 is 11.6 Å². The average molecular weight is 321 g/mol. The quantitative estimate of drug-likeness (QED) is 0.667. The zero-order valence-electron chi connectivity index (χ0n) is 10.4. The first kappa shape index (κ1) is 15.2. The van der Waals surface area contributed by atoms with E-state index in [9.17, 15) is 23.6 Å². The van der Waals surface area contributed by atoms with Crippen molar-refractivity contribution in [1.29, 1.82) is 0 Å². The Hall–Kier alpha value is -1.22. The third-order valence-electron chi connectivity index (χ3n) is 3.25. The van der Waals surface area contributed by atoms with Crippen molar-refractivity contribution >= 4 is 27.3 Å². The SMILES string of the molecule is O=[N+]([O-])c1ccc(Cl)c(S(=O)(=O)N2CCC[C@@H]2CO)c1. The molecule has 0 aliphatic carbocycles. The van der Waals surface area contributed by atoms with Gasteiger partial charge in [-0.2, -0.15) is 4.31 Å². The van der Waals surface area contributed by atoms with Crippen molar-refractivity contribution in [3.05, 3.63) is 33.3 Å². The van der Waals surface area contributed by atoms with Gasteiger partial charge in [0.05, 0.1) is 16.6 Å². The maximum atomic E-state index is 12.5. The first-order valence-corrected chi connectivity index (χ1v) is 7.76. The van der Waals surface area contributed by atoms with Crippen LogP contribution in [0.3, 0.4) is 0 Å². The molecular weight excluding hydrogens is 308 g/mol. The van der Waals surface area contributed by atoms with Crippen molar-refractivity contribution in [1.82, 2.24) is 4.31 Å². The number of nitro groups is 1. The molecular formula is C11H13ClN2O5S. The summed E-state index contributed by atoms with van der Waals surface area (Å²) in [7, 11) is -3.95. The van der Waals surface area contributed by atoms with Crippen molar-refractivity contribution in [3.63, 3.8) is 0 Å². The van der Waals surface area contributed by atoms with Gasteiger partial charge >= 0.3 is 0 Å². The number of hydrogen-bond acceptors (Lipinski definition) is 5. The molecule has 1 aliphatic heterocycles. The van der Waals surface area contributed by atoms with Gasteiger partial charge in [-0.25, -0.2) is 8.42 Å². The number of halogens is 1. The number of rotatable bonds is 4. The number of non-ortho nitro benzene ring substituents is 1. The molecule has 1 heterocycles. The third kappa shape index (κ3) is 2.64. The van der Waals surface area contributed by atoms with Crippen LogP contribution in [0.1, 0.15) is 12.8 Å². The van der Waals surface area contributed by atoms with Crippen LogP contribution in [-0.4, -0.2) is 41.9 Å². The molecule has 1 N–H and O–H groups in total. The van der Waals surface area contributed by atoms with Crippen LogP contribution < -0.4 is 0 Å². The summed E-state index contributed by atoms with van der Waals surface area (Å²) in [5.74, 6) is 0. The van der Waals surface area contributed by atoms with E-state index in [1.54, 1.807) is 0 Å². The highest BCUT2D eigenvalue weighted by molar-refractivity contribution is 7.89. The largest absolute Gasteiger partial charge is 0.395 e. The van der Waals surface area contributed by atoms with Crippen molar-refractivity contribution in [2.24, 2.45) is 0 Å². The van der Waals surface area contributed by atoms with E-state index in [1.165, 1.54) is 6.07 Å².